The summed E-state index contributed by atoms with van der Waals surface area (Å²) in [4.78, 5) is 9.19. The molecule has 50 heavy (non-hydrogen) atoms. The molecule has 5 heteroatoms. The molecule has 0 spiro atoms. The van der Waals surface area contributed by atoms with Gasteiger partial charge in [0.15, 0.2) is 0 Å². The number of pyridine rings is 2. The monoisotopic (exact) mass is 860 g/mol. The van der Waals surface area contributed by atoms with Gasteiger partial charge in [-0.05, 0) is 79.2 Å². The molecule has 0 aliphatic heterocycles. The molecule has 0 saturated carbocycles. The third-order valence-electron chi connectivity index (χ3n) is 10.1. The molecule has 3 aromatic carbocycles. The van der Waals surface area contributed by atoms with Crippen molar-refractivity contribution in [3.05, 3.63) is 114 Å². The van der Waals surface area contributed by atoms with Crippen LogP contribution >= 0.6 is 0 Å². The minimum absolute atomic E-state index is 0. The number of rotatable bonds is 10. The van der Waals surface area contributed by atoms with Crippen LogP contribution in [0.15, 0.2) is 83.5 Å². The number of hydrogen-bond acceptors (Lipinski definition) is 3. The SMILES string of the molecule is Cc1cnc(-c2[c-]cccc2)cc1C.[2H]C(c1ccnc(-c2[c-]cc([Si](C)(C)C)c3c2oc2ccc(C)cc23)c1)(C(CC)CC)C(CC)CC.[Ir]. The molecule has 3 aromatic heterocycles. The van der Waals surface area contributed by atoms with Crippen LogP contribution in [0.1, 0.15) is 82.9 Å². The Labute approximate surface area is 317 Å². The maximum absolute atomic E-state index is 9.87. The fourth-order valence-electron chi connectivity index (χ4n) is 7.05. The second kappa shape index (κ2) is 17.2. The Balaban J connectivity index is 0.000000325. The van der Waals surface area contributed by atoms with Crippen LogP contribution in [0.4, 0.5) is 0 Å². The van der Waals surface area contributed by atoms with Crippen LogP contribution in [-0.4, -0.2) is 18.0 Å². The van der Waals surface area contributed by atoms with Crippen LogP contribution in [0.3, 0.4) is 0 Å². The number of furan rings is 1. The van der Waals surface area contributed by atoms with Gasteiger partial charge in [-0.25, -0.2) is 0 Å². The normalized spacial score (nSPS) is 12.2. The number of aryl methyl sites for hydroxylation is 3. The van der Waals surface area contributed by atoms with E-state index < -0.39 is 14.0 Å². The molecule has 0 unspecified atom stereocenters. The van der Waals surface area contributed by atoms with Gasteiger partial charge in [0.05, 0.1) is 5.58 Å². The molecule has 3 nitrogen and oxygen atoms in total. The van der Waals surface area contributed by atoms with Gasteiger partial charge in [0.2, 0.25) is 0 Å². The molecule has 0 aliphatic rings. The van der Waals surface area contributed by atoms with Gasteiger partial charge < -0.3 is 14.4 Å². The van der Waals surface area contributed by atoms with Crippen molar-refractivity contribution >= 4 is 35.2 Å². The zero-order chi connectivity index (χ0) is 36.2. The van der Waals surface area contributed by atoms with Crippen molar-refractivity contribution in [2.24, 2.45) is 11.8 Å². The summed E-state index contributed by atoms with van der Waals surface area (Å²) in [7, 11) is -1.65. The fourth-order valence-corrected chi connectivity index (χ4v) is 8.56. The summed E-state index contributed by atoms with van der Waals surface area (Å²) >= 11 is 0. The first kappa shape index (κ1) is 37.9. The number of benzene rings is 3. The third kappa shape index (κ3) is 8.56. The van der Waals surface area contributed by atoms with Gasteiger partial charge in [-0.1, -0.05) is 113 Å². The average Bonchev–Trinajstić information content (AvgIpc) is 3.49. The standard InChI is InChI=1S/C32H42NOSi.C13H12N.Ir/c1-9-22(10-2)30(23(11-3)12-4)24-17-18-33-27(20-24)25-14-16-29(35(6,7)8)31-26-19-21(5)13-15-28(26)34-32(25)31;1-10-8-13(14-9-11(10)2)12-6-4-3-5-7-12;/h13,15-20,22-23,30H,9-12H2,1-8H3;3-6,8-9H,1-2H3;/q2*-1;/i30D;;. The molecule has 6 aromatic rings. The molecule has 6 rings (SSSR count). The fraction of sp³-hybridized carbons (Fsp3) is 0.378. The Morgan fingerprint density at radius 3 is 2.10 bits per heavy atom. The predicted octanol–water partition coefficient (Wildman–Crippen LogP) is 12.4. The van der Waals surface area contributed by atoms with E-state index in [2.05, 4.69) is 128 Å². The zero-order valence-corrected chi connectivity index (χ0v) is 35.0. The Bertz CT molecular complexity index is 2050. The summed E-state index contributed by atoms with van der Waals surface area (Å²) in [5, 5.41) is 3.76. The van der Waals surface area contributed by atoms with E-state index in [9.17, 15) is 1.37 Å². The molecule has 0 amide bonds. The van der Waals surface area contributed by atoms with Crippen LogP contribution in [-0.2, 0) is 20.1 Å². The van der Waals surface area contributed by atoms with Gasteiger partial charge >= 0.3 is 0 Å². The minimum atomic E-state index is -1.65. The van der Waals surface area contributed by atoms with Gasteiger partial charge in [-0.2, -0.15) is 0 Å². The first-order valence-corrected chi connectivity index (χ1v) is 21.6. The van der Waals surface area contributed by atoms with Crippen molar-refractivity contribution in [3.8, 4) is 22.5 Å². The maximum atomic E-state index is 9.87. The molecule has 3 heterocycles. The van der Waals surface area contributed by atoms with E-state index in [1.54, 1.807) is 0 Å². The molecule has 0 aliphatic carbocycles. The van der Waals surface area contributed by atoms with Crippen LogP contribution < -0.4 is 5.19 Å². The summed E-state index contributed by atoms with van der Waals surface area (Å²) in [6.45, 7) is 22.3. The van der Waals surface area contributed by atoms with Gasteiger partial charge in [-0.15, -0.1) is 53.2 Å². The van der Waals surface area contributed by atoms with E-state index in [1.807, 2.05) is 36.7 Å². The Hall–Kier alpha value is -3.37. The minimum Gasteiger partial charge on any atom is -0.501 e. The summed E-state index contributed by atoms with van der Waals surface area (Å²) in [6, 6.07) is 29.6. The number of aromatic nitrogens is 2. The van der Waals surface area contributed by atoms with Crippen LogP contribution in [0.2, 0.25) is 19.6 Å². The van der Waals surface area contributed by atoms with Crippen molar-refractivity contribution in [1.29, 1.82) is 0 Å². The van der Waals surface area contributed by atoms with Crippen molar-refractivity contribution < 1.29 is 25.9 Å². The van der Waals surface area contributed by atoms with Crippen LogP contribution in [0, 0.1) is 44.7 Å². The molecule has 0 fully saturated rings. The molecule has 0 bridgehead atoms. The summed E-state index contributed by atoms with van der Waals surface area (Å²) in [6.07, 6.45) is 7.79. The molecule has 1 radical (unpaired) electrons. The second-order valence-corrected chi connectivity index (χ2v) is 19.5. The number of nitrogens with zero attached hydrogens (tertiary/aromatic N) is 2. The average molecular weight is 860 g/mol. The van der Waals surface area contributed by atoms with Crippen molar-refractivity contribution in [1.82, 2.24) is 9.97 Å². The number of hydrogen-bond donors (Lipinski definition) is 0. The van der Waals surface area contributed by atoms with Gasteiger partial charge in [0.1, 0.15) is 5.58 Å². The van der Waals surface area contributed by atoms with E-state index in [1.165, 1.54) is 32.6 Å². The molecule has 0 atom stereocenters. The smallest absolute Gasteiger partial charge is 0.120 e. The van der Waals surface area contributed by atoms with Crippen molar-refractivity contribution in [2.75, 3.05) is 0 Å². The molecule has 0 saturated heterocycles. The zero-order valence-electron chi connectivity index (χ0n) is 32.6. The molecule has 265 valence electrons. The molecule has 0 N–H and O–H groups in total. The van der Waals surface area contributed by atoms with Crippen molar-refractivity contribution in [2.45, 2.75) is 99.7 Å². The second-order valence-electron chi connectivity index (χ2n) is 14.5. The van der Waals surface area contributed by atoms with Gasteiger partial charge in [0.25, 0.3) is 0 Å². The first-order chi connectivity index (χ1) is 23.9. The largest absolute Gasteiger partial charge is 0.501 e. The molecular weight excluding hydrogens is 805 g/mol. The third-order valence-corrected chi connectivity index (χ3v) is 12.1. The number of fused-ring (bicyclic) bond motifs is 3. The van der Waals surface area contributed by atoms with E-state index in [0.717, 1.165) is 64.9 Å². The quantitative estimate of drug-likeness (QED) is 0.102. The predicted molar refractivity (Wildman–Crippen MR) is 212 cm³/mol. The van der Waals surface area contributed by atoms with Crippen LogP contribution in [0.5, 0.6) is 0 Å². The van der Waals surface area contributed by atoms with E-state index in [-0.39, 0.29) is 20.1 Å². The van der Waals surface area contributed by atoms with Gasteiger partial charge in [-0.3, -0.25) is 0 Å². The summed E-state index contributed by atoms with van der Waals surface area (Å²) < 4.78 is 16.4. The van der Waals surface area contributed by atoms with E-state index in [0.29, 0.717) is 11.8 Å². The summed E-state index contributed by atoms with van der Waals surface area (Å²) in [5.41, 5.74) is 10.4. The van der Waals surface area contributed by atoms with Gasteiger partial charge in [0, 0.05) is 47.3 Å². The van der Waals surface area contributed by atoms with Crippen molar-refractivity contribution in [3.63, 3.8) is 0 Å². The summed E-state index contributed by atoms with van der Waals surface area (Å²) in [5.74, 6) is -0.0530. The van der Waals surface area contributed by atoms with Crippen LogP contribution in [0.25, 0.3) is 44.5 Å². The Kier molecular flexibility index (Phi) is 13.0. The first-order valence-electron chi connectivity index (χ1n) is 18.6. The topological polar surface area (TPSA) is 38.9 Å². The Morgan fingerprint density at radius 1 is 0.800 bits per heavy atom. The van der Waals surface area contributed by atoms with E-state index >= 15 is 0 Å². The van der Waals surface area contributed by atoms with E-state index in [4.69, 9.17) is 9.40 Å². The Morgan fingerprint density at radius 2 is 1.50 bits per heavy atom. The molecular formula is C45H54IrN2OSi-2. The maximum Gasteiger partial charge on any atom is 0.120 e.